The van der Waals surface area contributed by atoms with Gasteiger partial charge in [-0.25, -0.2) is 21.9 Å². The summed E-state index contributed by atoms with van der Waals surface area (Å²) in [6.07, 6.45) is -0.367. The van der Waals surface area contributed by atoms with Crippen molar-refractivity contribution in [2.75, 3.05) is 6.54 Å². The molecular formula is C12H17F2NO3S. The van der Waals surface area contributed by atoms with Crippen molar-refractivity contribution in [3.63, 3.8) is 0 Å². The molecule has 19 heavy (non-hydrogen) atoms. The number of hydrogen-bond acceptors (Lipinski definition) is 3. The molecule has 0 radical (unpaired) electrons. The SMILES string of the molecule is CC(C)C(O)CCNS(=O)(=O)c1ccc(F)c(F)c1. The van der Waals surface area contributed by atoms with Crippen LogP contribution in [0.2, 0.25) is 0 Å². The van der Waals surface area contributed by atoms with Crippen LogP contribution in [0.5, 0.6) is 0 Å². The van der Waals surface area contributed by atoms with E-state index in [1.54, 1.807) is 0 Å². The molecule has 0 aliphatic heterocycles. The van der Waals surface area contributed by atoms with E-state index < -0.39 is 27.8 Å². The van der Waals surface area contributed by atoms with Crippen molar-refractivity contribution < 1.29 is 22.3 Å². The van der Waals surface area contributed by atoms with Crippen LogP contribution in [0.3, 0.4) is 0 Å². The number of aliphatic hydroxyl groups excluding tert-OH is 1. The molecule has 1 aromatic carbocycles. The Hall–Kier alpha value is -1.05. The largest absolute Gasteiger partial charge is 0.393 e. The van der Waals surface area contributed by atoms with Crippen LogP contribution in [-0.4, -0.2) is 26.2 Å². The average molecular weight is 293 g/mol. The van der Waals surface area contributed by atoms with Gasteiger partial charge in [0.2, 0.25) is 10.0 Å². The van der Waals surface area contributed by atoms with Crippen molar-refractivity contribution in [3.05, 3.63) is 29.8 Å². The zero-order valence-corrected chi connectivity index (χ0v) is 11.5. The molecule has 108 valence electrons. The Labute approximate surface area is 111 Å². The van der Waals surface area contributed by atoms with Crippen LogP contribution in [0.1, 0.15) is 20.3 Å². The molecule has 0 aromatic heterocycles. The lowest BCUT2D eigenvalue weighted by molar-refractivity contribution is 0.118. The fraction of sp³-hybridized carbons (Fsp3) is 0.500. The van der Waals surface area contributed by atoms with Gasteiger partial charge in [0.15, 0.2) is 11.6 Å². The maximum absolute atomic E-state index is 13.0. The molecule has 2 N–H and O–H groups in total. The molecule has 0 spiro atoms. The van der Waals surface area contributed by atoms with Crippen LogP contribution in [0, 0.1) is 17.6 Å². The van der Waals surface area contributed by atoms with Crippen LogP contribution in [0.4, 0.5) is 8.78 Å². The molecule has 4 nitrogen and oxygen atoms in total. The molecule has 1 rings (SSSR count). The second-order valence-electron chi connectivity index (χ2n) is 4.57. The van der Waals surface area contributed by atoms with Gasteiger partial charge in [-0.3, -0.25) is 0 Å². The van der Waals surface area contributed by atoms with Crippen molar-refractivity contribution in [2.45, 2.75) is 31.3 Å². The summed E-state index contributed by atoms with van der Waals surface area (Å²) in [5, 5.41) is 9.53. The number of aliphatic hydroxyl groups is 1. The van der Waals surface area contributed by atoms with Crippen LogP contribution in [-0.2, 0) is 10.0 Å². The van der Waals surface area contributed by atoms with Gasteiger partial charge in [-0.1, -0.05) is 13.8 Å². The average Bonchev–Trinajstić information content (AvgIpc) is 2.32. The summed E-state index contributed by atoms with van der Waals surface area (Å²) < 4.78 is 51.4. The number of sulfonamides is 1. The zero-order valence-electron chi connectivity index (χ0n) is 10.7. The van der Waals surface area contributed by atoms with E-state index in [0.29, 0.717) is 6.07 Å². The van der Waals surface area contributed by atoms with Gasteiger partial charge < -0.3 is 5.11 Å². The summed E-state index contributed by atoms with van der Waals surface area (Å²) in [4.78, 5) is -0.342. The summed E-state index contributed by atoms with van der Waals surface area (Å²) >= 11 is 0. The van der Waals surface area contributed by atoms with Gasteiger partial charge in [0.1, 0.15) is 0 Å². The highest BCUT2D eigenvalue weighted by molar-refractivity contribution is 7.89. The molecule has 0 aliphatic rings. The highest BCUT2D eigenvalue weighted by Gasteiger charge is 2.17. The van der Waals surface area contributed by atoms with Gasteiger partial charge >= 0.3 is 0 Å². The van der Waals surface area contributed by atoms with E-state index in [-0.39, 0.29) is 23.8 Å². The summed E-state index contributed by atoms with van der Waals surface area (Å²) in [5.74, 6) is -2.30. The van der Waals surface area contributed by atoms with Crippen LogP contribution in [0.15, 0.2) is 23.1 Å². The minimum atomic E-state index is -3.89. The van der Waals surface area contributed by atoms with E-state index >= 15 is 0 Å². The van der Waals surface area contributed by atoms with Crippen molar-refractivity contribution >= 4 is 10.0 Å². The third-order valence-electron chi connectivity index (χ3n) is 2.70. The highest BCUT2D eigenvalue weighted by Crippen LogP contribution is 2.14. The van der Waals surface area contributed by atoms with Crippen molar-refractivity contribution in [1.82, 2.24) is 4.72 Å². The highest BCUT2D eigenvalue weighted by atomic mass is 32.2. The zero-order chi connectivity index (χ0) is 14.6. The molecule has 0 bridgehead atoms. The molecule has 1 unspecified atom stereocenters. The molecule has 0 aliphatic carbocycles. The van der Waals surface area contributed by atoms with Gasteiger partial charge in [0.25, 0.3) is 0 Å². The monoisotopic (exact) mass is 293 g/mol. The molecule has 0 heterocycles. The Balaban J connectivity index is 2.68. The van der Waals surface area contributed by atoms with E-state index in [0.717, 1.165) is 12.1 Å². The lowest BCUT2D eigenvalue weighted by atomic mass is 10.1. The van der Waals surface area contributed by atoms with Crippen LogP contribution in [0.25, 0.3) is 0 Å². The van der Waals surface area contributed by atoms with Gasteiger partial charge in [-0.15, -0.1) is 0 Å². The van der Waals surface area contributed by atoms with Crippen molar-refractivity contribution in [3.8, 4) is 0 Å². The summed E-state index contributed by atoms with van der Waals surface area (Å²) in [6.45, 7) is 3.66. The normalized spacial score (nSPS) is 13.8. The molecule has 0 amide bonds. The third-order valence-corrected chi connectivity index (χ3v) is 4.16. The molecule has 0 fully saturated rings. The molecule has 0 saturated carbocycles. The first-order chi connectivity index (χ1) is 8.74. The van der Waals surface area contributed by atoms with E-state index in [1.807, 2.05) is 13.8 Å². The maximum atomic E-state index is 13.0. The molecular weight excluding hydrogens is 276 g/mol. The Morgan fingerprint density at radius 2 is 1.89 bits per heavy atom. The Kier molecular flexibility index (Phi) is 5.39. The number of benzene rings is 1. The molecule has 1 aromatic rings. The Bertz CT molecular complexity index is 532. The summed E-state index contributed by atoms with van der Waals surface area (Å²) in [7, 11) is -3.89. The Morgan fingerprint density at radius 3 is 2.42 bits per heavy atom. The van der Waals surface area contributed by atoms with E-state index in [2.05, 4.69) is 4.72 Å². The standard InChI is InChI=1S/C12H17F2NO3S/c1-8(2)12(16)5-6-15-19(17,18)9-3-4-10(13)11(14)7-9/h3-4,7-8,12,15-16H,5-6H2,1-2H3. The minimum Gasteiger partial charge on any atom is -0.393 e. The first-order valence-electron chi connectivity index (χ1n) is 5.87. The van der Waals surface area contributed by atoms with Crippen LogP contribution < -0.4 is 4.72 Å². The quantitative estimate of drug-likeness (QED) is 0.838. The van der Waals surface area contributed by atoms with E-state index in [4.69, 9.17) is 0 Å². The van der Waals surface area contributed by atoms with Gasteiger partial charge in [0, 0.05) is 6.54 Å². The first-order valence-corrected chi connectivity index (χ1v) is 7.35. The number of nitrogens with one attached hydrogen (secondary N) is 1. The summed E-state index contributed by atoms with van der Waals surface area (Å²) in [5.41, 5.74) is 0. The lowest BCUT2D eigenvalue weighted by Crippen LogP contribution is -2.29. The second kappa shape index (κ2) is 6.40. The minimum absolute atomic E-state index is 0.0211. The predicted molar refractivity (Wildman–Crippen MR) is 67.0 cm³/mol. The van der Waals surface area contributed by atoms with Crippen molar-refractivity contribution in [1.29, 1.82) is 0 Å². The number of halogens is 2. The first kappa shape index (κ1) is 16.0. The topological polar surface area (TPSA) is 66.4 Å². The lowest BCUT2D eigenvalue weighted by Gasteiger charge is -2.14. The molecule has 0 saturated heterocycles. The van der Waals surface area contributed by atoms with Gasteiger partial charge in [-0.05, 0) is 30.5 Å². The fourth-order valence-corrected chi connectivity index (χ4v) is 2.46. The van der Waals surface area contributed by atoms with Gasteiger partial charge in [-0.2, -0.15) is 0 Å². The van der Waals surface area contributed by atoms with Gasteiger partial charge in [0.05, 0.1) is 11.0 Å². The third kappa shape index (κ3) is 4.52. The Morgan fingerprint density at radius 1 is 1.26 bits per heavy atom. The molecule has 1 atom stereocenters. The predicted octanol–water partition coefficient (Wildman–Crippen LogP) is 1.65. The summed E-state index contributed by atoms with van der Waals surface area (Å²) in [6, 6.07) is 2.36. The van der Waals surface area contributed by atoms with Crippen LogP contribution >= 0.6 is 0 Å². The van der Waals surface area contributed by atoms with E-state index in [1.165, 1.54) is 0 Å². The smallest absolute Gasteiger partial charge is 0.240 e. The molecule has 7 heteroatoms. The maximum Gasteiger partial charge on any atom is 0.240 e. The number of hydrogen-bond donors (Lipinski definition) is 2. The number of rotatable bonds is 6. The fourth-order valence-electron chi connectivity index (χ4n) is 1.40. The van der Waals surface area contributed by atoms with Crippen molar-refractivity contribution in [2.24, 2.45) is 5.92 Å². The van der Waals surface area contributed by atoms with E-state index in [9.17, 15) is 22.3 Å². The second-order valence-corrected chi connectivity index (χ2v) is 6.34.